The van der Waals surface area contributed by atoms with Gasteiger partial charge >= 0.3 is 0 Å². The molecule has 1 atom stereocenters. The molecule has 3 rings (SSSR count). The summed E-state index contributed by atoms with van der Waals surface area (Å²) in [6, 6.07) is 27.0. The molecule has 3 nitrogen and oxygen atoms in total. The Labute approximate surface area is 149 Å². The van der Waals surface area contributed by atoms with Gasteiger partial charge in [-0.3, -0.25) is 0 Å². The van der Waals surface area contributed by atoms with Crippen molar-refractivity contribution < 1.29 is 8.42 Å². The predicted octanol–water partition coefficient (Wildman–Crippen LogP) is 4.53. The quantitative estimate of drug-likeness (QED) is 0.709. The molecule has 1 N–H and O–H groups in total. The molecule has 0 aliphatic heterocycles. The molecule has 0 fully saturated rings. The van der Waals surface area contributed by atoms with Crippen molar-refractivity contribution in [1.29, 1.82) is 0 Å². The fraction of sp³-hybridized carbons (Fsp3) is 0.143. The van der Waals surface area contributed by atoms with Gasteiger partial charge in [0.05, 0.1) is 5.75 Å². The molecule has 0 saturated heterocycles. The van der Waals surface area contributed by atoms with Gasteiger partial charge in [0.25, 0.3) is 0 Å². The lowest BCUT2D eigenvalue weighted by Gasteiger charge is -2.15. The van der Waals surface area contributed by atoms with E-state index in [2.05, 4.69) is 16.9 Å². The van der Waals surface area contributed by atoms with Gasteiger partial charge in [0, 0.05) is 6.04 Å². The van der Waals surface area contributed by atoms with Gasteiger partial charge in [-0.2, -0.15) is 0 Å². The number of benzene rings is 3. The summed E-state index contributed by atoms with van der Waals surface area (Å²) in [6.45, 7) is 1.86. The summed E-state index contributed by atoms with van der Waals surface area (Å²) in [4.78, 5) is 0. The number of nitrogens with one attached hydrogen (secondary N) is 1. The topological polar surface area (TPSA) is 46.2 Å². The maximum atomic E-state index is 12.4. The number of rotatable bonds is 6. The van der Waals surface area contributed by atoms with E-state index in [1.54, 1.807) is 0 Å². The summed E-state index contributed by atoms with van der Waals surface area (Å²) in [5.74, 6) is -0.0136. The number of sulfonamides is 1. The first-order chi connectivity index (χ1) is 12.0. The fourth-order valence-corrected chi connectivity index (χ4v) is 4.16. The molecule has 25 heavy (non-hydrogen) atoms. The predicted molar refractivity (Wildman–Crippen MR) is 102 cm³/mol. The van der Waals surface area contributed by atoms with Crippen LogP contribution in [0.3, 0.4) is 0 Å². The molecular weight excluding hydrogens is 330 g/mol. The lowest BCUT2D eigenvalue weighted by Crippen LogP contribution is -2.28. The van der Waals surface area contributed by atoms with Crippen molar-refractivity contribution >= 4 is 10.0 Å². The molecule has 0 aliphatic rings. The minimum Gasteiger partial charge on any atom is -0.212 e. The zero-order valence-electron chi connectivity index (χ0n) is 14.1. The third-order valence-corrected chi connectivity index (χ3v) is 5.50. The van der Waals surface area contributed by atoms with Crippen LogP contribution in [0.4, 0.5) is 0 Å². The number of hydrogen-bond donors (Lipinski definition) is 1. The average Bonchev–Trinajstić information content (AvgIpc) is 2.62. The van der Waals surface area contributed by atoms with E-state index in [9.17, 15) is 8.42 Å². The Morgan fingerprint density at radius 3 is 1.88 bits per heavy atom. The van der Waals surface area contributed by atoms with Crippen molar-refractivity contribution in [3.8, 4) is 11.1 Å². The highest BCUT2D eigenvalue weighted by atomic mass is 32.2. The highest BCUT2D eigenvalue weighted by Gasteiger charge is 2.16. The van der Waals surface area contributed by atoms with Crippen LogP contribution in [0.15, 0.2) is 84.9 Å². The molecule has 0 heterocycles. The molecule has 0 unspecified atom stereocenters. The van der Waals surface area contributed by atoms with Crippen LogP contribution >= 0.6 is 0 Å². The molecule has 128 valence electrons. The Balaban J connectivity index is 1.69. The molecule has 0 aromatic heterocycles. The molecule has 0 bridgehead atoms. The van der Waals surface area contributed by atoms with Crippen LogP contribution in [0.2, 0.25) is 0 Å². The molecule has 0 spiro atoms. The van der Waals surface area contributed by atoms with Gasteiger partial charge in [0.15, 0.2) is 0 Å². The average molecular weight is 351 g/mol. The molecule has 0 aliphatic carbocycles. The maximum Gasteiger partial charge on any atom is 0.216 e. The standard InChI is InChI=1S/C21H21NO2S/c1-17(22-25(23,24)16-18-8-4-2-5-9-18)19-12-14-21(15-13-19)20-10-6-3-7-11-20/h2-15,17,22H,16H2,1H3/t17-/m1/s1. The molecule has 0 saturated carbocycles. The Bertz CT molecular complexity index is 905. The summed E-state index contributed by atoms with van der Waals surface area (Å²) in [5.41, 5.74) is 3.98. The first-order valence-electron chi connectivity index (χ1n) is 8.23. The van der Waals surface area contributed by atoms with E-state index in [1.807, 2.05) is 79.7 Å². The number of hydrogen-bond acceptors (Lipinski definition) is 2. The molecule has 3 aromatic carbocycles. The van der Waals surface area contributed by atoms with Crippen molar-refractivity contribution in [3.63, 3.8) is 0 Å². The Morgan fingerprint density at radius 1 is 0.760 bits per heavy atom. The fourth-order valence-electron chi connectivity index (χ4n) is 2.77. The summed E-state index contributed by atoms with van der Waals surface area (Å²) < 4.78 is 27.5. The largest absolute Gasteiger partial charge is 0.216 e. The monoisotopic (exact) mass is 351 g/mol. The van der Waals surface area contributed by atoms with Crippen molar-refractivity contribution in [2.75, 3.05) is 0 Å². The van der Waals surface area contributed by atoms with Crippen LogP contribution in [0.1, 0.15) is 24.1 Å². The minimum atomic E-state index is -3.39. The maximum absolute atomic E-state index is 12.4. The van der Waals surface area contributed by atoms with E-state index in [-0.39, 0.29) is 11.8 Å². The third kappa shape index (κ3) is 4.78. The van der Waals surface area contributed by atoms with Gasteiger partial charge in [-0.15, -0.1) is 0 Å². The van der Waals surface area contributed by atoms with Gasteiger partial charge in [0.1, 0.15) is 0 Å². The van der Waals surface area contributed by atoms with E-state index in [0.29, 0.717) is 0 Å². The minimum absolute atomic E-state index is 0.0136. The molecule has 3 aromatic rings. The van der Waals surface area contributed by atoms with Crippen LogP contribution in [-0.2, 0) is 15.8 Å². The molecular formula is C21H21NO2S. The van der Waals surface area contributed by atoms with Crippen LogP contribution < -0.4 is 4.72 Å². The Morgan fingerprint density at radius 2 is 1.28 bits per heavy atom. The Kier molecular flexibility index (Phi) is 5.31. The highest BCUT2D eigenvalue weighted by molar-refractivity contribution is 7.88. The van der Waals surface area contributed by atoms with E-state index >= 15 is 0 Å². The van der Waals surface area contributed by atoms with Crippen molar-refractivity contribution in [3.05, 3.63) is 96.1 Å². The van der Waals surface area contributed by atoms with Gasteiger partial charge in [-0.1, -0.05) is 84.9 Å². The second-order valence-corrected chi connectivity index (χ2v) is 7.83. The van der Waals surface area contributed by atoms with Crippen LogP contribution in [0.5, 0.6) is 0 Å². The molecule has 0 radical (unpaired) electrons. The zero-order chi connectivity index (χ0) is 17.7. The lowest BCUT2D eigenvalue weighted by atomic mass is 10.0. The van der Waals surface area contributed by atoms with Crippen LogP contribution in [0.25, 0.3) is 11.1 Å². The van der Waals surface area contributed by atoms with E-state index in [1.165, 1.54) is 0 Å². The molecule has 4 heteroatoms. The summed E-state index contributed by atoms with van der Waals surface area (Å²) in [7, 11) is -3.39. The van der Waals surface area contributed by atoms with E-state index in [0.717, 1.165) is 22.3 Å². The van der Waals surface area contributed by atoms with Gasteiger partial charge in [-0.25, -0.2) is 13.1 Å². The highest BCUT2D eigenvalue weighted by Crippen LogP contribution is 2.22. The van der Waals surface area contributed by atoms with Gasteiger partial charge in [0.2, 0.25) is 10.0 Å². The van der Waals surface area contributed by atoms with Crippen LogP contribution in [0, 0.1) is 0 Å². The zero-order valence-corrected chi connectivity index (χ0v) is 14.9. The summed E-state index contributed by atoms with van der Waals surface area (Å²) >= 11 is 0. The van der Waals surface area contributed by atoms with Gasteiger partial charge < -0.3 is 0 Å². The molecule has 0 amide bonds. The first-order valence-corrected chi connectivity index (χ1v) is 9.88. The Hall–Kier alpha value is -2.43. The van der Waals surface area contributed by atoms with Crippen LogP contribution in [-0.4, -0.2) is 8.42 Å². The van der Waals surface area contributed by atoms with E-state index in [4.69, 9.17) is 0 Å². The summed E-state index contributed by atoms with van der Waals surface area (Å²) in [6.07, 6.45) is 0. The second kappa shape index (κ2) is 7.64. The third-order valence-electron chi connectivity index (χ3n) is 4.07. The van der Waals surface area contributed by atoms with Crippen molar-refractivity contribution in [2.24, 2.45) is 0 Å². The summed E-state index contributed by atoms with van der Waals surface area (Å²) in [5, 5.41) is 0. The smallest absolute Gasteiger partial charge is 0.212 e. The van der Waals surface area contributed by atoms with Crippen molar-refractivity contribution in [1.82, 2.24) is 4.72 Å². The SMILES string of the molecule is C[C@@H](NS(=O)(=O)Cc1ccccc1)c1ccc(-c2ccccc2)cc1. The van der Waals surface area contributed by atoms with Crippen molar-refractivity contribution in [2.45, 2.75) is 18.7 Å². The van der Waals surface area contributed by atoms with E-state index < -0.39 is 10.0 Å². The second-order valence-electron chi connectivity index (χ2n) is 6.07. The van der Waals surface area contributed by atoms with Gasteiger partial charge in [-0.05, 0) is 29.2 Å². The normalized spacial score (nSPS) is 12.7. The lowest BCUT2D eigenvalue weighted by molar-refractivity contribution is 0.566. The first kappa shape index (κ1) is 17.4.